The average Bonchev–Trinajstić information content (AvgIpc) is 2.43. The second-order valence-corrected chi connectivity index (χ2v) is 9.37. The Morgan fingerprint density at radius 1 is 1.24 bits per heavy atom. The first kappa shape index (κ1) is 16.7. The third kappa shape index (κ3) is 3.77. The molecule has 2 rings (SSSR count). The lowest BCUT2D eigenvalue weighted by atomic mass is 10.1. The Morgan fingerprint density at radius 3 is 2.48 bits per heavy atom. The van der Waals surface area contributed by atoms with E-state index in [9.17, 15) is 4.55 Å². The first-order chi connectivity index (χ1) is 9.70. The van der Waals surface area contributed by atoms with Gasteiger partial charge in [0.05, 0.1) is 17.3 Å². The predicted molar refractivity (Wildman–Crippen MR) is 93.5 cm³/mol. The number of benzene rings is 1. The lowest BCUT2D eigenvalue weighted by molar-refractivity contribution is 0.377. The Balaban J connectivity index is 2.32. The summed E-state index contributed by atoms with van der Waals surface area (Å²) in [7, 11) is 1.89. The van der Waals surface area contributed by atoms with Crippen LogP contribution in [0.3, 0.4) is 0 Å². The summed E-state index contributed by atoms with van der Waals surface area (Å²) in [5.74, 6) is 0. The predicted octanol–water partition coefficient (Wildman–Crippen LogP) is 4.45. The molecule has 0 bridgehead atoms. The van der Waals surface area contributed by atoms with E-state index in [0.717, 1.165) is 21.1 Å². The Kier molecular flexibility index (Phi) is 4.98. The van der Waals surface area contributed by atoms with Crippen LogP contribution in [-0.2, 0) is 11.4 Å². The highest BCUT2D eigenvalue weighted by atomic mass is 79.9. The minimum Gasteiger partial charge on any atom is -0.597 e. The van der Waals surface area contributed by atoms with Crippen LogP contribution < -0.4 is 0 Å². The van der Waals surface area contributed by atoms with E-state index < -0.39 is 11.4 Å². The summed E-state index contributed by atoms with van der Waals surface area (Å²) in [4.78, 5) is 4.72. The van der Waals surface area contributed by atoms with Crippen LogP contribution in [0, 0.1) is 0 Å². The summed E-state index contributed by atoms with van der Waals surface area (Å²) in [6.45, 7) is 7.99. The Hall–Kier alpha value is -0.620. The van der Waals surface area contributed by atoms with Gasteiger partial charge in [0.25, 0.3) is 0 Å². The maximum Gasteiger partial charge on any atom is 0.137 e. The average molecular weight is 369 g/mol. The van der Waals surface area contributed by atoms with E-state index in [2.05, 4.69) is 22.0 Å². The highest BCUT2D eigenvalue weighted by molar-refractivity contribution is 9.10. The van der Waals surface area contributed by atoms with Crippen molar-refractivity contribution in [3.63, 3.8) is 0 Å². The van der Waals surface area contributed by atoms with Crippen LogP contribution in [-0.4, -0.2) is 25.6 Å². The zero-order chi connectivity index (χ0) is 15.8. The second kappa shape index (κ2) is 6.24. The highest BCUT2D eigenvalue weighted by Gasteiger charge is 2.34. The van der Waals surface area contributed by atoms with Crippen molar-refractivity contribution in [3.05, 3.63) is 40.5 Å². The summed E-state index contributed by atoms with van der Waals surface area (Å²) >= 11 is 2.41. The summed E-state index contributed by atoms with van der Waals surface area (Å²) in [5.41, 5.74) is 1.88. The number of halogens is 1. The van der Waals surface area contributed by atoms with Crippen molar-refractivity contribution in [1.29, 1.82) is 0 Å². The normalized spacial score (nSPS) is 15.4. The second-order valence-electron chi connectivity index (χ2n) is 6.16. The highest BCUT2D eigenvalue weighted by Crippen LogP contribution is 2.28. The fraction of sp³-hybridized carbons (Fsp3) is 0.438. The van der Waals surface area contributed by atoms with E-state index in [1.807, 2.05) is 63.3 Å². The third-order valence-electron chi connectivity index (χ3n) is 3.43. The zero-order valence-electron chi connectivity index (χ0n) is 13.1. The van der Waals surface area contributed by atoms with Crippen LogP contribution in [0.2, 0.25) is 0 Å². The number of hydrogen-bond donors (Lipinski definition) is 0. The molecule has 0 unspecified atom stereocenters. The van der Waals surface area contributed by atoms with Crippen molar-refractivity contribution >= 4 is 38.2 Å². The molecular weight excluding hydrogens is 348 g/mol. The van der Waals surface area contributed by atoms with E-state index >= 15 is 0 Å². The standard InChI is InChI=1S/C16H21BrN2OS/c1-11(19(5)21(20)16(2,3)4)14-9-7-12-6-8-13(17)10-15(12)18-14/h6-11H,1-5H3/t11-,21-/m1/s1. The molecule has 0 amide bonds. The van der Waals surface area contributed by atoms with Gasteiger partial charge in [-0.05, 0) is 45.9 Å². The molecule has 21 heavy (non-hydrogen) atoms. The van der Waals surface area contributed by atoms with Gasteiger partial charge in [-0.25, -0.2) is 0 Å². The number of nitrogens with zero attached hydrogens (tertiary/aromatic N) is 2. The minimum atomic E-state index is -1.07. The van der Waals surface area contributed by atoms with Gasteiger partial charge >= 0.3 is 0 Å². The van der Waals surface area contributed by atoms with Gasteiger partial charge in [-0.3, -0.25) is 4.98 Å². The van der Waals surface area contributed by atoms with Crippen molar-refractivity contribution in [3.8, 4) is 0 Å². The van der Waals surface area contributed by atoms with Crippen LogP contribution in [0.25, 0.3) is 10.9 Å². The zero-order valence-corrected chi connectivity index (χ0v) is 15.5. The van der Waals surface area contributed by atoms with Gasteiger partial charge in [-0.15, -0.1) is 4.31 Å². The molecule has 0 saturated heterocycles. The van der Waals surface area contributed by atoms with Crippen LogP contribution in [0.1, 0.15) is 39.4 Å². The van der Waals surface area contributed by atoms with Crippen molar-refractivity contribution in [2.75, 3.05) is 7.05 Å². The summed E-state index contributed by atoms with van der Waals surface area (Å²) in [6, 6.07) is 10.1. The molecule has 2 atom stereocenters. The fourth-order valence-electron chi connectivity index (χ4n) is 2.10. The number of rotatable bonds is 3. The van der Waals surface area contributed by atoms with Crippen molar-refractivity contribution < 1.29 is 4.55 Å². The minimum absolute atomic E-state index is 0.00607. The largest absolute Gasteiger partial charge is 0.597 e. The Morgan fingerprint density at radius 2 is 1.86 bits per heavy atom. The maximum atomic E-state index is 12.5. The van der Waals surface area contributed by atoms with Crippen LogP contribution >= 0.6 is 15.9 Å². The first-order valence-electron chi connectivity index (χ1n) is 6.91. The van der Waals surface area contributed by atoms with E-state index in [1.165, 1.54) is 0 Å². The van der Waals surface area contributed by atoms with E-state index in [-0.39, 0.29) is 10.8 Å². The summed E-state index contributed by atoms with van der Waals surface area (Å²) in [5, 5.41) is 1.11. The van der Waals surface area contributed by atoms with Crippen LogP contribution in [0.4, 0.5) is 0 Å². The van der Waals surface area contributed by atoms with Gasteiger partial charge in [0, 0.05) is 28.3 Å². The first-order valence-corrected chi connectivity index (χ1v) is 8.81. The molecule has 2 aromatic rings. The molecule has 0 aliphatic carbocycles. The van der Waals surface area contributed by atoms with Gasteiger partial charge in [0.1, 0.15) is 4.75 Å². The van der Waals surface area contributed by atoms with E-state index in [4.69, 9.17) is 4.98 Å². The summed E-state index contributed by atoms with van der Waals surface area (Å²) in [6.07, 6.45) is 0. The van der Waals surface area contributed by atoms with E-state index in [1.54, 1.807) is 0 Å². The molecule has 0 spiro atoms. The molecule has 0 N–H and O–H groups in total. The molecule has 1 heterocycles. The number of fused-ring (bicyclic) bond motifs is 1. The van der Waals surface area contributed by atoms with Gasteiger partial charge in [-0.2, -0.15) is 0 Å². The smallest absolute Gasteiger partial charge is 0.137 e. The molecule has 5 heteroatoms. The van der Waals surface area contributed by atoms with Crippen molar-refractivity contribution in [2.24, 2.45) is 0 Å². The number of hydrogen-bond acceptors (Lipinski definition) is 3. The maximum absolute atomic E-state index is 12.5. The molecule has 0 aliphatic heterocycles. The fourth-order valence-corrected chi connectivity index (χ4v) is 3.71. The summed E-state index contributed by atoms with van der Waals surface area (Å²) < 4.78 is 15.1. The molecule has 0 aliphatic rings. The Labute approximate surface area is 138 Å². The van der Waals surface area contributed by atoms with Crippen molar-refractivity contribution in [1.82, 2.24) is 9.29 Å². The van der Waals surface area contributed by atoms with Gasteiger partial charge in [-0.1, -0.05) is 28.1 Å². The van der Waals surface area contributed by atoms with Crippen molar-refractivity contribution in [2.45, 2.75) is 38.5 Å². The lowest BCUT2D eigenvalue weighted by Gasteiger charge is -2.33. The number of pyridine rings is 1. The van der Waals surface area contributed by atoms with Crippen LogP contribution in [0.5, 0.6) is 0 Å². The van der Waals surface area contributed by atoms with Gasteiger partial charge in [0.15, 0.2) is 0 Å². The molecular formula is C16H21BrN2OS. The molecule has 114 valence electrons. The van der Waals surface area contributed by atoms with Gasteiger partial charge < -0.3 is 4.55 Å². The number of aromatic nitrogens is 1. The van der Waals surface area contributed by atoms with E-state index in [0.29, 0.717) is 0 Å². The SMILES string of the molecule is C[C@H](c1ccc2ccc(Br)cc2n1)N(C)[S@+]([O-])C(C)(C)C. The third-order valence-corrected chi connectivity index (χ3v) is 5.81. The Bertz CT molecular complexity index is 642. The molecule has 1 aromatic carbocycles. The lowest BCUT2D eigenvalue weighted by Crippen LogP contribution is -2.42. The van der Waals surface area contributed by atoms with Gasteiger partial charge in [0.2, 0.25) is 0 Å². The quantitative estimate of drug-likeness (QED) is 0.751. The molecule has 1 aromatic heterocycles. The van der Waals surface area contributed by atoms with Crippen LogP contribution in [0.15, 0.2) is 34.8 Å². The topological polar surface area (TPSA) is 39.2 Å². The molecule has 0 saturated carbocycles. The molecule has 0 fully saturated rings. The molecule has 0 radical (unpaired) electrons. The monoisotopic (exact) mass is 368 g/mol. The molecule has 3 nitrogen and oxygen atoms in total.